The van der Waals surface area contributed by atoms with Crippen molar-refractivity contribution in [3.63, 3.8) is 0 Å². The molecule has 0 aliphatic heterocycles. The topological polar surface area (TPSA) is 132 Å². The number of aliphatic hydroxyl groups is 1. The van der Waals surface area contributed by atoms with E-state index in [9.17, 15) is 18.3 Å². The second-order valence-corrected chi connectivity index (χ2v) is 7.96. The molecule has 0 spiro atoms. The van der Waals surface area contributed by atoms with Crippen molar-refractivity contribution in [2.24, 2.45) is 5.73 Å². The van der Waals surface area contributed by atoms with Gasteiger partial charge >= 0.3 is 0 Å². The van der Waals surface area contributed by atoms with Crippen LogP contribution >= 0.6 is 0 Å². The third-order valence-electron chi connectivity index (χ3n) is 4.54. The number of aryl methyl sites for hydroxylation is 1. The summed E-state index contributed by atoms with van der Waals surface area (Å²) in [6.07, 6.45) is 3.29. The smallest absolute Gasteiger partial charge is 0.252 e. The molecule has 0 saturated carbocycles. The predicted octanol–water partition coefficient (Wildman–Crippen LogP) is 0.889. The van der Waals surface area contributed by atoms with Gasteiger partial charge in [0.2, 0.25) is 10.0 Å². The third kappa shape index (κ3) is 3.33. The molecule has 0 fully saturated rings. The lowest BCUT2D eigenvalue weighted by atomic mass is 9.83. The van der Waals surface area contributed by atoms with Gasteiger partial charge in [-0.2, -0.15) is 0 Å². The lowest BCUT2D eigenvalue weighted by molar-refractivity contribution is 0.0221. The van der Waals surface area contributed by atoms with Crippen molar-refractivity contribution >= 4 is 15.9 Å². The van der Waals surface area contributed by atoms with E-state index in [1.165, 1.54) is 25.5 Å². The first kappa shape index (κ1) is 18.4. The number of furan rings is 1. The molecule has 8 nitrogen and oxygen atoms in total. The van der Waals surface area contributed by atoms with E-state index in [1.54, 1.807) is 6.07 Å². The van der Waals surface area contributed by atoms with Gasteiger partial charge in [0.05, 0.1) is 23.8 Å². The highest BCUT2D eigenvalue weighted by atomic mass is 32.2. The van der Waals surface area contributed by atoms with Crippen molar-refractivity contribution in [3.8, 4) is 5.75 Å². The number of ether oxygens (including phenoxy) is 1. The lowest BCUT2D eigenvalue weighted by Crippen LogP contribution is -2.42. The van der Waals surface area contributed by atoms with Crippen LogP contribution in [0, 0.1) is 0 Å². The quantitative estimate of drug-likeness (QED) is 0.682. The fourth-order valence-electron chi connectivity index (χ4n) is 3.15. The zero-order valence-electron chi connectivity index (χ0n) is 14.2. The van der Waals surface area contributed by atoms with Crippen molar-refractivity contribution in [1.29, 1.82) is 0 Å². The summed E-state index contributed by atoms with van der Waals surface area (Å²) >= 11 is 0. The van der Waals surface area contributed by atoms with Gasteiger partial charge in [-0.15, -0.1) is 0 Å². The number of sulfonamides is 1. The minimum atomic E-state index is -3.97. The number of methoxy groups -OCH3 is 1. The van der Waals surface area contributed by atoms with Gasteiger partial charge < -0.3 is 20.0 Å². The van der Waals surface area contributed by atoms with E-state index in [2.05, 4.69) is 4.72 Å². The monoisotopic (exact) mass is 380 g/mol. The zero-order valence-corrected chi connectivity index (χ0v) is 15.0. The predicted molar refractivity (Wildman–Crippen MR) is 92.2 cm³/mol. The Bertz CT molecular complexity index is 936. The van der Waals surface area contributed by atoms with Gasteiger partial charge in [0, 0.05) is 18.5 Å². The molecule has 2 aromatic rings. The SMILES string of the molecule is COc1ccc(S(=O)(=O)NCC2(O)CCCc3occc32)cc1C(N)=O. The Kier molecular flexibility index (Phi) is 4.78. The number of nitrogens with two attached hydrogens (primary N) is 1. The number of carbonyl (C=O) groups excluding carboxylic acids is 1. The van der Waals surface area contributed by atoms with E-state index in [0.29, 0.717) is 30.6 Å². The molecule has 26 heavy (non-hydrogen) atoms. The van der Waals surface area contributed by atoms with Crippen molar-refractivity contribution < 1.29 is 27.5 Å². The molecule has 4 N–H and O–H groups in total. The van der Waals surface area contributed by atoms with Crippen LogP contribution in [0.25, 0.3) is 0 Å². The van der Waals surface area contributed by atoms with Crippen molar-refractivity contribution in [1.82, 2.24) is 4.72 Å². The molecule has 140 valence electrons. The highest BCUT2D eigenvalue weighted by molar-refractivity contribution is 7.89. The van der Waals surface area contributed by atoms with Crippen molar-refractivity contribution in [2.45, 2.75) is 29.8 Å². The maximum Gasteiger partial charge on any atom is 0.252 e. The summed E-state index contributed by atoms with van der Waals surface area (Å²) in [5.41, 5.74) is 4.49. The summed E-state index contributed by atoms with van der Waals surface area (Å²) in [7, 11) is -2.61. The molecule has 0 radical (unpaired) electrons. The summed E-state index contributed by atoms with van der Waals surface area (Å²) < 4.78 is 38.0. The molecule has 1 atom stereocenters. The summed E-state index contributed by atoms with van der Waals surface area (Å²) in [6, 6.07) is 5.47. The zero-order chi connectivity index (χ0) is 18.9. The summed E-state index contributed by atoms with van der Waals surface area (Å²) in [4.78, 5) is 11.4. The van der Waals surface area contributed by atoms with E-state index >= 15 is 0 Å². The number of primary amides is 1. The van der Waals surface area contributed by atoms with Gasteiger partial charge in [0.15, 0.2) is 0 Å². The van der Waals surface area contributed by atoms with Crippen LogP contribution < -0.4 is 15.2 Å². The molecule has 1 aromatic carbocycles. The third-order valence-corrected chi connectivity index (χ3v) is 5.94. The Morgan fingerprint density at radius 3 is 2.88 bits per heavy atom. The number of benzene rings is 1. The molecule has 1 heterocycles. The first-order chi connectivity index (χ1) is 12.3. The minimum absolute atomic E-state index is 0.0381. The fourth-order valence-corrected chi connectivity index (χ4v) is 4.27. The normalized spacial score (nSPS) is 19.8. The van der Waals surface area contributed by atoms with Gasteiger partial charge in [-0.1, -0.05) is 0 Å². The largest absolute Gasteiger partial charge is 0.496 e. The molecule has 1 aliphatic rings. The van der Waals surface area contributed by atoms with Gasteiger partial charge in [0.25, 0.3) is 5.91 Å². The molecular weight excluding hydrogens is 360 g/mol. The Balaban J connectivity index is 1.85. The van der Waals surface area contributed by atoms with Crippen LogP contribution in [0.1, 0.15) is 34.5 Å². The van der Waals surface area contributed by atoms with Gasteiger partial charge in [-0.05, 0) is 37.1 Å². The molecular formula is C17H20N2O6S. The number of amides is 1. The average Bonchev–Trinajstić information content (AvgIpc) is 3.10. The number of carbonyl (C=O) groups is 1. The first-order valence-electron chi connectivity index (χ1n) is 8.03. The van der Waals surface area contributed by atoms with Crippen LogP contribution in [0.2, 0.25) is 0 Å². The molecule has 1 aromatic heterocycles. The molecule has 0 bridgehead atoms. The molecule has 1 aliphatic carbocycles. The maximum atomic E-state index is 12.6. The molecule has 0 saturated heterocycles. The number of hydrogen-bond donors (Lipinski definition) is 3. The Hall–Kier alpha value is -2.36. The first-order valence-corrected chi connectivity index (χ1v) is 9.52. The molecule has 3 rings (SSSR count). The van der Waals surface area contributed by atoms with Crippen LogP contribution in [0.15, 0.2) is 39.8 Å². The van der Waals surface area contributed by atoms with E-state index in [1.807, 2.05) is 0 Å². The number of fused-ring (bicyclic) bond motifs is 1. The highest BCUT2D eigenvalue weighted by Gasteiger charge is 2.37. The van der Waals surface area contributed by atoms with Crippen LogP contribution in [0.3, 0.4) is 0 Å². The van der Waals surface area contributed by atoms with Gasteiger partial charge in [-0.3, -0.25) is 4.79 Å². The van der Waals surface area contributed by atoms with Crippen LogP contribution in [-0.4, -0.2) is 33.1 Å². The number of rotatable bonds is 6. The summed E-state index contributed by atoms with van der Waals surface area (Å²) in [6.45, 7) is -0.209. The lowest BCUT2D eigenvalue weighted by Gasteiger charge is -2.31. The molecule has 1 unspecified atom stereocenters. The Labute approximate surface area is 151 Å². The van der Waals surface area contributed by atoms with Gasteiger partial charge in [-0.25, -0.2) is 13.1 Å². The maximum absolute atomic E-state index is 12.6. The van der Waals surface area contributed by atoms with E-state index in [-0.39, 0.29) is 22.8 Å². The number of hydrogen-bond acceptors (Lipinski definition) is 6. The summed E-state index contributed by atoms with van der Waals surface area (Å²) in [5, 5.41) is 10.9. The molecule has 9 heteroatoms. The highest BCUT2D eigenvalue weighted by Crippen LogP contribution is 2.35. The summed E-state index contributed by atoms with van der Waals surface area (Å²) in [5.74, 6) is 0.0525. The molecule has 1 amide bonds. The van der Waals surface area contributed by atoms with Crippen LogP contribution in [-0.2, 0) is 22.0 Å². The second-order valence-electron chi connectivity index (χ2n) is 6.19. The van der Waals surface area contributed by atoms with Crippen LogP contribution in [0.5, 0.6) is 5.75 Å². The van der Waals surface area contributed by atoms with Crippen molar-refractivity contribution in [3.05, 3.63) is 47.4 Å². The van der Waals surface area contributed by atoms with Crippen LogP contribution in [0.4, 0.5) is 0 Å². The van der Waals surface area contributed by atoms with E-state index in [4.69, 9.17) is 14.9 Å². The Morgan fingerprint density at radius 2 is 2.19 bits per heavy atom. The standard InChI is InChI=1S/C17H20N2O6S/c1-24-14-5-4-11(9-12(14)16(18)20)26(22,23)19-10-17(21)7-2-3-15-13(17)6-8-25-15/h4-6,8-9,19,21H,2-3,7,10H2,1H3,(H2,18,20). The fraction of sp³-hybridized carbons (Fsp3) is 0.353. The minimum Gasteiger partial charge on any atom is -0.496 e. The van der Waals surface area contributed by atoms with E-state index < -0.39 is 21.5 Å². The van der Waals surface area contributed by atoms with E-state index in [0.717, 1.165) is 6.07 Å². The van der Waals surface area contributed by atoms with Crippen molar-refractivity contribution in [2.75, 3.05) is 13.7 Å². The second kappa shape index (κ2) is 6.75. The van der Waals surface area contributed by atoms with Gasteiger partial charge in [0.1, 0.15) is 17.1 Å². The average molecular weight is 380 g/mol. The number of nitrogens with one attached hydrogen (secondary N) is 1. The Morgan fingerprint density at radius 1 is 1.42 bits per heavy atom.